The minimum absolute atomic E-state index is 0.361. The lowest BCUT2D eigenvalue weighted by Gasteiger charge is -2.11. The first-order valence-corrected chi connectivity index (χ1v) is 12.3. The molecule has 0 aliphatic heterocycles. The molecule has 33 heavy (non-hydrogen) atoms. The second-order valence-electron chi connectivity index (χ2n) is 7.54. The third kappa shape index (κ3) is 5.42. The summed E-state index contributed by atoms with van der Waals surface area (Å²) in [5, 5.41) is 8.07. The highest BCUT2D eigenvalue weighted by Gasteiger charge is 2.19. The maximum atomic E-state index is 13.3. The van der Waals surface area contributed by atoms with Crippen LogP contribution in [-0.2, 0) is 10.0 Å². The second-order valence-corrected chi connectivity index (χ2v) is 9.72. The summed E-state index contributed by atoms with van der Waals surface area (Å²) in [5.74, 6) is -0.378. The lowest BCUT2D eigenvalue weighted by molar-refractivity contribution is 0.102. The number of amides is 1. The van der Waals surface area contributed by atoms with Crippen molar-refractivity contribution in [3.8, 4) is 16.9 Å². The van der Waals surface area contributed by atoms with Gasteiger partial charge in [0.15, 0.2) is 0 Å². The Bertz CT molecular complexity index is 1420. The minimum atomic E-state index is -3.46. The number of nitrogens with one attached hydrogen (secondary N) is 2. The van der Waals surface area contributed by atoms with Crippen molar-refractivity contribution < 1.29 is 13.2 Å². The van der Waals surface area contributed by atoms with Crippen LogP contribution in [-0.4, -0.2) is 30.4 Å². The maximum Gasteiger partial charge on any atom is 0.259 e. The van der Waals surface area contributed by atoms with Crippen LogP contribution in [0.25, 0.3) is 16.9 Å². The van der Waals surface area contributed by atoms with Gasteiger partial charge in [-0.15, -0.1) is 0 Å². The monoisotopic (exact) mass is 480 g/mol. The number of para-hydroxylation sites is 1. The van der Waals surface area contributed by atoms with Crippen LogP contribution >= 0.6 is 11.6 Å². The van der Waals surface area contributed by atoms with Gasteiger partial charge in [-0.05, 0) is 48.9 Å². The van der Waals surface area contributed by atoms with E-state index >= 15 is 0 Å². The molecule has 0 atom stereocenters. The molecule has 1 amide bonds. The standard InChI is InChI=1S/C24H21ClN4O3S/c1-16-8-13-19(14-22(16)28-33(2,31)32)26-24(30)21-15-29(20-6-4-3-5-7-20)27-23(21)17-9-11-18(25)12-10-17/h3-15,28H,1-2H3,(H,26,30). The molecule has 0 saturated heterocycles. The minimum Gasteiger partial charge on any atom is -0.322 e. The van der Waals surface area contributed by atoms with Crippen molar-refractivity contribution in [3.05, 3.63) is 95.1 Å². The lowest BCUT2D eigenvalue weighted by atomic mass is 10.1. The highest BCUT2D eigenvalue weighted by molar-refractivity contribution is 7.92. The Hall–Kier alpha value is -3.62. The molecule has 0 aliphatic rings. The van der Waals surface area contributed by atoms with E-state index < -0.39 is 10.0 Å². The fraction of sp³-hybridized carbons (Fsp3) is 0.0833. The van der Waals surface area contributed by atoms with Crippen molar-refractivity contribution in [1.29, 1.82) is 0 Å². The van der Waals surface area contributed by atoms with Gasteiger partial charge >= 0.3 is 0 Å². The average molecular weight is 481 g/mol. The van der Waals surface area contributed by atoms with Gasteiger partial charge < -0.3 is 5.32 Å². The fourth-order valence-corrected chi connectivity index (χ4v) is 4.03. The van der Waals surface area contributed by atoms with Crippen LogP contribution in [0.2, 0.25) is 5.02 Å². The van der Waals surface area contributed by atoms with Crippen LogP contribution in [0.1, 0.15) is 15.9 Å². The molecular weight excluding hydrogens is 460 g/mol. The van der Waals surface area contributed by atoms with Crippen molar-refractivity contribution in [2.24, 2.45) is 0 Å². The molecule has 1 aromatic heterocycles. The number of aryl methyl sites for hydroxylation is 1. The number of nitrogens with zero attached hydrogens (tertiary/aromatic N) is 2. The van der Waals surface area contributed by atoms with Gasteiger partial charge in [-0.1, -0.05) is 48.0 Å². The molecule has 0 saturated carbocycles. The number of carbonyl (C=O) groups excluding carboxylic acids is 1. The molecule has 4 aromatic rings. The Kier molecular flexibility index (Phi) is 6.22. The van der Waals surface area contributed by atoms with Crippen LogP contribution < -0.4 is 10.0 Å². The second kappa shape index (κ2) is 9.09. The van der Waals surface area contributed by atoms with Crippen LogP contribution in [0.15, 0.2) is 79.0 Å². The molecule has 0 bridgehead atoms. The SMILES string of the molecule is Cc1ccc(NC(=O)c2cn(-c3ccccc3)nc2-c2ccc(Cl)cc2)cc1NS(C)(=O)=O. The largest absolute Gasteiger partial charge is 0.322 e. The van der Waals surface area contributed by atoms with Gasteiger partial charge in [-0.2, -0.15) is 5.10 Å². The molecule has 1 heterocycles. The summed E-state index contributed by atoms with van der Waals surface area (Å²) in [6.07, 6.45) is 2.74. The molecule has 0 unspecified atom stereocenters. The number of anilines is 2. The van der Waals surface area contributed by atoms with Gasteiger partial charge in [-0.25, -0.2) is 13.1 Å². The van der Waals surface area contributed by atoms with Crippen LogP contribution in [0, 0.1) is 6.92 Å². The molecular formula is C24H21ClN4O3S. The average Bonchev–Trinajstić information content (AvgIpc) is 3.22. The van der Waals surface area contributed by atoms with Crippen LogP contribution in [0.5, 0.6) is 0 Å². The number of aromatic nitrogens is 2. The van der Waals surface area contributed by atoms with E-state index in [-0.39, 0.29) is 5.91 Å². The quantitative estimate of drug-likeness (QED) is 0.400. The van der Waals surface area contributed by atoms with E-state index in [1.807, 2.05) is 30.3 Å². The zero-order chi connectivity index (χ0) is 23.6. The molecule has 3 aromatic carbocycles. The smallest absolute Gasteiger partial charge is 0.259 e. The van der Waals surface area contributed by atoms with Crippen LogP contribution in [0.4, 0.5) is 11.4 Å². The summed E-state index contributed by atoms with van der Waals surface area (Å²) in [5.41, 5.74) is 3.98. The van der Waals surface area contributed by atoms with Crippen molar-refractivity contribution in [1.82, 2.24) is 9.78 Å². The van der Waals surface area contributed by atoms with Gasteiger partial charge in [0.1, 0.15) is 5.69 Å². The maximum absolute atomic E-state index is 13.3. The Balaban J connectivity index is 1.72. The third-order valence-corrected chi connectivity index (χ3v) is 5.73. The third-order valence-electron chi connectivity index (χ3n) is 4.89. The molecule has 0 fully saturated rings. The summed E-state index contributed by atoms with van der Waals surface area (Å²) in [6, 6.07) is 21.6. The van der Waals surface area contributed by atoms with Crippen molar-refractivity contribution >= 4 is 38.9 Å². The Morgan fingerprint density at radius 1 is 1.00 bits per heavy atom. The molecule has 0 spiro atoms. The fourth-order valence-electron chi connectivity index (χ4n) is 3.28. The zero-order valence-electron chi connectivity index (χ0n) is 17.9. The summed E-state index contributed by atoms with van der Waals surface area (Å²) >= 11 is 6.03. The van der Waals surface area contributed by atoms with E-state index in [1.165, 1.54) is 0 Å². The van der Waals surface area contributed by atoms with E-state index in [0.29, 0.717) is 27.7 Å². The van der Waals surface area contributed by atoms with Crippen molar-refractivity contribution in [2.45, 2.75) is 6.92 Å². The van der Waals surface area contributed by atoms with Crippen molar-refractivity contribution in [3.63, 3.8) is 0 Å². The molecule has 0 aliphatic carbocycles. The normalized spacial score (nSPS) is 11.2. The molecule has 0 radical (unpaired) electrons. The van der Waals surface area contributed by atoms with E-state index in [2.05, 4.69) is 15.1 Å². The molecule has 4 rings (SSSR count). The van der Waals surface area contributed by atoms with E-state index in [0.717, 1.165) is 23.1 Å². The molecule has 168 valence electrons. The summed E-state index contributed by atoms with van der Waals surface area (Å²) in [6.45, 7) is 1.78. The van der Waals surface area contributed by atoms with Gasteiger partial charge in [0, 0.05) is 22.5 Å². The zero-order valence-corrected chi connectivity index (χ0v) is 19.5. The number of hydrogen-bond donors (Lipinski definition) is 2. The summed E-state index contributed by atoms with van der Waals surface area (Å²) in [7, 11) is -3.46. The first kappa shape index (κ1) is 22.6. The highest BCUT2D eigenvalue weighted by Crippen LogP contribution is 2.27. The van der Waals surface area contributed by atoms with Crippen molar-refractivity contribution in [2.75, 3.05) is 16.3 Å². The molecule has 2 N–H and O–H groups in total. The number of carbonyl (C=O) groups is 1. The molecule has 9 heteroatoms. The van der Waals surface area contributed by atoms with Gasteiger partial charge in [0.25, 0.3) is 5.91 Å². The first-order chi connectivity index (χ1) is 15.7. The number of rotatable bonds is 6. The van der Waals surface area contributed by atoms with E-state index in [4.69, 9.17) is 11.6 Å². The number of halogens is 1. The summed E-state index contributed by atoms with van der Waals surface area (Å²) < 4.78 is 27.4. The predicted molar refractivity (Wildman–Crippen MR) is 132 cm³/mol. The Labute approximate surface area is 197 Å². The summed E-state index contributed by atoms with van der Waals surface area (Å²) in [4.78, 5) is 13.3. The number of hydrogen-bond acceptors (Lipinski definition) is 4. The van der Waals surface area contributed by atoms with E-state index in [1.54, 1.807) is 60.3 Å². The Morgan fingerprint density at radius 3 is 2.36 bits per heavy atom. The van der Waals surface area contributed by atoms with Gasteiger partial charge in [-0.3, -0.25) is 9.52 Å². The van der Waals surface area contributed by atoms with E-state index in [9.17, 15) is 13.2 Å². The predicted octanol–water partition coefficient (Wildman–Crippen LogP) is 5.12. The number of benzene rings is 3. The molecule has 7 nitrogen and oxygen atoms in total. The van der Waals surface area contributed by atoms with Crippen LogP contribution in [0.3, 0.4) is 0 Å². The topological polar surface area (TPSA) is 93.1 Å². The lowest BCUT2D eigenvalue weighted by Crippen LogP contribution is -2.14. The van der Waals surface area contributed by atoms with Gasteiger partial charge in [0.05, 0.1) is 23.2 Å². The van der Waals surface area contributed by atoms with Gasteiger partial charge in [0.2, 0.25) is 10.0 Å². The highest BCUT2D eigenvalue weighted by atomic mass is 35.5. The first-order valence-electron chi connectivity index (χ1n) is 10.0. The number of sulfonamides is 1. The Morgan fingerprint density at radius 2 is 1.70 bits per heavy atom.